The summed E-state index contributed by atoms with van der Waals surface area (Å²) in [6, 6.07) is 10.2. The van der Waals surface area contributed by atoms with Gasteiger partial charge < -0.3 is 20.9 Å². The van der Waals surface area contributed by atoms with Crippen LogP contribution in [-0.4, -0.2) is 47.5 Å². The van der Waals surface area contributed by atoms with E-state index in [1.165, 1.54) is 0 Å². The Morgan fingerprint density at radius 1 is 1.26 bits per heavy atom. The van der Waals surface area contributed by atoms with E-state index < -0.39 is 0 Å². The highest BCUT2D eigenvalue weighted by molar-refractivity contribution is 5.79. The van der Waals surface area contributed by atoms with Gasteiger partial charge in [0.05, 0.1) is 11.7 Å². The Hall–Kier alpha value is -2.67. The van der Waals surface area contributed by atoms with Crippen LogP contribution >= 0.6 is 0 Å². The number of hydrogen-bond acceptors (Lipinski definition) is 6. The average molecular weight is 366 g/mol. The monoisotopic (exact) mass is 366 g/mol. The van der Waals surface area contributed by atoms with Gasteiger partial charge >= 0.3 is 0 Å². The Labute approximate surface area is 159 Å². The predicted molar refractivity (Wildman–Crippen MR) is 106 cm³/mol. The van der Waals surface area contributed by atoms with Crippen molar-refractivity contribution < 1.29 is 4.79 Å². The molecule has 7 heteroatoms. The first-order valence-corrected chi connectivity index (χ1v) is 9.50. The molecule has 2 aliphatic heterocycles. The number of aromatic nitrogens is 2. The first-order chi connectivity index (χ1) is 13.1. The fourth-order valence-electron chi connectivity index (χ4n) is 4.18. The van der Waals surface area contributed by atoms with Crippen LogP contribution < -0.4 is 16.0 Å². The number of carbonyl (C=O) groups excluding carboxylic acids is 1. The van der Waals surface area contributed by atoms with Crippen LogP contribution in [-0.2, 0) is 11.2 Å². The Morgan fingerprint density at radius 3 is 2.74 bits per heavy atom. The topological polar surface area (TPSA) is 87.4 Å². The molecule has 0 aliphatic carbocycles. The van der Waals surface area contributed by atoms with Gasteiger partial charge in [0.25, 0.3) is 0 Å². The molecule has 4 rings (SSSR count). The quantitative estimate of drug-likeness (QED) is 0.844. The van der Waals surface area contributed by atoms with Gasteiger partial charge in [-0.2, -0.15) is 4.98 Å². The molecule has 2 aromatic rings. The van der Waals surface area contributed by atoms with Crippen LogP contribution in [0.4, 0.5) is 17.5 Å². The van der Waals surface area contributed by atoms with Crippen LogP contribution in [0.25, 0.3) is 0 Å². The lowest BCUT2D eigenvalue weighted by Gasteiger charge is -2.37. The van der Waals surface area contributed by atoms with Gasteiger partial charge in [0.1, 0.15) is 5.82 Å². The van der Waals surface area contributed by atoms with Gasteiger partial charge in [-0.25, -0.2) is 4.98 Å². The van der Waals surface area contributed by atoms with E-state index in [0.29, 0.717) is 18.9 Å². The van der Waals surface area contributed by atoms with E-state index in [1.807, 2.05) is 54.2 Å². The molecule has 1 fully saturated rings. The largest absolute Gasteiger partial charge is 0.347 e. The number of anilines is 3. The average Bonchev–Trinajstić information content (AvgIpc) is 2.96. The molecule has 7 nitrogen and oxygen atoms in total. The summed E-state index contributed by atoms with van der Waals surface area (Å²) in [5, 5.41) is 3.46. The number of fused-ring (bicyclic) bond motifs is 4. The summed E-state index contributed by atoms with van der Waals surface area (Å²) >= 11 is 0. The second-order valence-corrected chi connectivity index (χ2v) is 7.41. The minimum absolute atomic E-state index is 0.0280. The van der Waals surface area contributed by atoms with Crippen molar-refractivity contribution in [3.63, 3.8) is 0 Å². The highest BCUT2D eigenvalue weighted by Gasteiger charge is 2.44. The van der Waals surface area contributed by atoms with Crippen molar-refractivity contribution in [3.05, 3.63) is 41.6 Å². The van der Waals surface area contributed by atoms with Gasteiger partial charge in [0.15, 0.2) is 0 Å². The fraction of sp³-hybridized carbons (Fsp3) is 0.450. The molecule has 1 aromatic carbocycles. The molecule has 0 spiro atoms. The standard InChI is InChI=1S/C20H26N6O/c1-25(2)20-23-15-12-14-8-9-16(26(14)17(27)10-11-21)18(15)19(24-20)22-13-6-4-3-5-7-13/h3-7,14,16H,8-12,21H2,1-2H3,(H,22,23,24)/t14-,16+/m1/s1. The first-order valence-electron chi connectivity index (χ1n) is 9.50. The third kappa shape index (κ3) is 3.23. The summed E-state index contributed by atoms with van der Waals surface area (Å²) in [6.45, 7) is 0.382. The Balaban J connectivity index is 1.78. The number of carbonyl (C=O) groups is 1. The molecule has 3 heterocycles. The van der Waals surface area contributed by atoms with Gasteiger partial charge in [-0.15, -0.1) is 0 Å². The molecule has 3 N–H and O–H groups in total. The number of nitrogens with one attached hydrogen (secondary N) is 1. The summed E-state index contributed by atoms with van der Waals surface area (Å²) in [6.07, 6.45) is 3.11. The van der Waals surface area contributed by atoms with Crippen LogP contribution in [0.3, 0.4) is 0 Å². The smallest absolute Gasteiger partial charge is 0.227 e. The summed E-state index contributed by atoms with van der Waals surface area (Å²) < 4.78 is 0. The lowest BCUT2D eigenvalue weighted by atomic mass is 9.97. The lowest BCUT2D eigenvalue weighted by molar-refractivity contribution is -0.134. The summed E-state index contributed by atoms with van der Waals surface area (Å²) in [4.78, 5) is 26.2. The first kappa shape index (κ1) is 17.7. The summed E-state index contributed by atoms with van der Waals surface area (Å²) in [7, 11) is 3.89. The van der Waals surface area contributed by atoms with Crippen molar-refractivity contribution in [1.82, 2.24) is 14.9 Å². The molecular formula is C20H26N6O. The number of hydrogen-bond donors (Lipinski definition) is 2. The molecule has 2 aliphatic rings. The molecule has 2 atom stereocenters. The van der Waals surface area contributed by atoms with Crippen molar-refractivity contribution in [2.75, 3.05) is 30.9 Å². The van der Waals surface area contributed by atoms with Crippen molar-refractivity contribution >= 4 is 23.4 Å². The number of para-hydroxylation sites is 1. The summed E-state index contributed by atoms with van der Waals surface area (Å²) in [5.74, 6) is 1.62. The second-order valence-electron chi connectivity index (χ2n) is 7.41. The molecule has 0 saturated carbocycles. The van der Waals surface area contributed by atoms with E-state index in [2.05, 4.69) is 5.32 Å². The number of nitrogens with zero attached hydrogens (tertiary/aromatic N) is 4. The normalized spacial score (nSPS) is 20.3. The Bertz CT molecular complexity index is 838. The van der Waals surface area contributed by atoms with Crippen molar-refractivity contribution in [2.24, 2.45) is 5.73 Å². The van der Waals surface area contributed by atoms with Crippen molar-refractivity contribution in [3.8, 4) is 0 Å². The maximum absolute atomic E-state index is 12.7. The third-order valence-electron chi connectivity index (χ3n) is 5.36. The molecule has 2 bridgehead atoms. The van der Waals surface area contributed by atoms with Crippen molar-refractivity contribution in [2.45, 2.75) is 37.8 Å². The van der Waals surface area contributed by atoms with Gasteiger partial charge in [-0.3, -0.25) is 4.79 Å². The molecule has 1 saturated heterocycles. The van der Waals surface area contributed by atoms with Crippen LogP contribution in [0.1, 0.15) is 36.6 Å². The molecule has 27 heavy (non-hydrogen) atoms. The second kappa shape index (κ2) is 7.15. The third-order valence-corrected chi connectivity index (χ3v) is 5.36. The number of benzene rings is 1. The Kier molecular flexibility index (Phi) is 4.70. The number of amides is 1. The van der Waals surface area contributed by atoms with Crippen LogP contribution in [0, 0.1) is 0 Å². The summed E-state index contributed by atoms with van der Waals surface area (Å²) in [5.41, 5.74) is 8.72. The maximum atomic E-state index is 12.7. The number of nitrogens with two attached hydrogens (primary N) is 1. The zero-order chi connectivity index (χ0) is 19.0. The number of rotatable bonds is 5. The SMILES string of the molecule is CN(C)c1nc2c(c(Nc3ccccc3)n1)[C@@H]1CC[C@H](C2)N1C(=O)CCN. The van der Waals surface area contributed by atoms with E-state index in [0.717, 1.165) is 42.0 Å². The van der Waals surface area contributed by atoms with Crippen molar-refractivity contribution in [1.29, 1.82) is 0 Å². The Morgan fingerprint density at radius 2 is 2.04 bits per heavy atom. The van der Waals surface area contributed by atoms with Gasteiger partial charge in [0.2, 0.25) is 11.9 Å². The van der Waals surface area contributed by atoms with Crippen LogP contribution in [0.2, 0.25) is 0 Å². The molecule has 1 aromatic heterocycles. The van der Waals surface area contributed by atoms with E-state index in [4.69, 9.17) is 15.7 Å². The van der Waals surface area contributed by atoms with Gasteiger partial charge in [0, 0.05) is 50.8 Å². The van der Waals surface area contributed by atoms with Crippen LogP contribution in [0.15, 0.2) is 30.3 Å². The highest BCUT2D eigenvalue weighted by atomic mass is 16.2. The van der Waals surface area contributed by atoms with Gasteiger partial charge in [-0.05, 0) is 25.0 Å². The van der Waals surface area contributed by atoms with E-state index in [9.17, 15) is 4.79 Å². The molecule has 0 unspecified atom stereocenters. The lowest BCUT2D eigenvalue weighted by Crippen LogP contribution is -2.43. The van der Waals surface area contributed by atoms with Gasteiger partial charge in [-0.1, -0.05) is 18.2 Å². The molecule has 142 valence electrons. The van der Waals surface area contributed by atoms with E-state index >= 15 is 0 Å². The van der Waals surface area contributed by atoms with E-state index in [1.54, 1.807) is 0 Å². The van der Waals surface area contributed by atoms with E-state index in [-0.39, 0.29) is 18.0 Å². The minimum Gasteiger partial charge on any atom is -0.347 e. The zero-order valence-electron chi connectivity index (χ0n) is 15.9. The predicted octanol–water partition coefficient (Wildman–Crippen LogP) is 2.22. The maximum Gasteiger partial charge on any atom is 0.227 e. The highest BCUT2D eigenvalue weighted by Crippen LogP contribution is 2.46. The molecular weight excluding hydrogens is 340 g/mol. The fourth-order valence-corrected chi connectivity index (χ4v) is 4.18. The molecule has 0 radical (unpaired) electrons. The van der Waals surface area contributed by atoms with Crippen LogP contribution in [0.5, 0.6) is 0 Å². The zero-order valence-corrected chi connectivity index (χ0v) is 15.9. The molecule has 1 amide bonds. The minimum atomic E-state index is 0.0280.